The molecule has 0 aromatic heterocycles. The lowest BCUT2D eigenvalue weighted by Gasteiger charge is -2.50. The Hall–Kier alpha value is -1.98. The molecular weight excluding hydrogens is 268 g/mol. The largest absolute Gasteiger partial charge is 0.465 e. The molecule has 1 aliphatic heterocycles. The van der Waals surface area contributed by atoms with E-state index in [4.69, 9.17) is 0 Å². The molecule has 0 atom stereocenters. The van der Waals surface area contributed by atoms with E-state index >= 15 is 0 Å². The molecule has 6 heteroatoms. The van der Waals surface area contributed by atoms with Crippen LogP contribution in [0, 0.1) is 0 Å². The van der Waals surface area contributed by atoms with Crippen LogP contribution < -0.4 is 5.32 Å². The van der Waals surface area contributed by atoms with Crippen LogP contribution in [0.15, 0.2) is 18.2 Å². The SMILES string of the molecule is COC(=O)c1ccc2c(c1)C(=O)NCC21CC(F)(F)C1. The molecule has 0 saturated heterocycles. The summed E-state index contributed by atoms with van der Waals surface area (Å²) < 4.78 is 31.1. The Morgan fingerprint density at radius 2 is 2.05 bits per heavy atom. The summed E-state index contributed by atoms with van der Waals surface area (Å²) in [6.45, 7) is 0.214. The van der Waals surface area contributed by atoms with E-state index in [1.54, 1.807) is 6.07 Å². The zero-order valence-corrected chi connectivity index (χ0v) is 10.8. The Labute approximate surface area is 114 Å². The normalized spacial score (nSPS) is 21.6. The molecular formula is C14H13F2NO3. The van der Waals surface area contributed by atoms with Gasteiger partial charge in [-0.15, -0.1) is 0 Å². The second-order valence-electron chi connectivity index (χ2n) is 5.42. The second-order valence-corrected chi connectivity index (χ2v) is 5.42. The van der Waals surface area contributed by atoms with Crippen molar-refractivity contribution >= 4 is 11.9 Å². The maximum absolute atomic E-state index is 13.2. The summed E-state index contributed by atoms with van der Waals surface area (Å²) in [7, 11) is 1.25. The molecule has 2 aliphatic rings. The lowest BCUT2D eigenvalue weighted by atomic mass is 9.59. The van der Waals surface area contributed by atoms with Gasteiger partial charge in [-0.3, -0.25) is 4.79 Å². The fraction of sp³-hybridized carbons (Fsp3) is 0.429. The number of ether oxygens (including phenoxy) is 1. The van der Waals surface area contributed by atoms with E-state index in [0.29, 0.717) is 5.56 Å². The molecule has 0 unspecified atom stereocenters. The molecule has 1 heterocycles. The number of benzene rings is 1. The van der Waals surface area contributed by atoms with Crippen LogP contribution in [0.2, 0.25) is 0 Å². The monoisotopic (exact) mass is 281 g/mol. The minimum absolute atomic E-state index is 0.214. The van der Waals surface area contributed by atoms with Crippen molar-refractivity contribution in [1.29, 1.82) is 0 Å². The first-order valence-electron chi connectivity index (χ1n) is 6.26. The Morgan fingerprint density at radius 3 is 2.65 bits per heavy atom. The second kappa shape index (κ2) is 4.01. The molecule has 1 aromatic rings. The smallest absolute Gasteiger partial charge is 0.337 e. The quantitative estimate of drug-likeness (QED) is 0.800. The Balaban J connectivity index is 2.04. The number of hydrogen-bond donors (Lipinski definition) is 1. The van der Waals surface area contributed by atoms with Gasteiger partial charge in [0.15, 0.2) is 0 Å². The van der Waals surface area contributed by atoms with Crippen LogP contribution in [0.5, 0.6) is 0 Å². The molecule has 1 N–H and O–H groups in total. The number of rotatable bonds is 1. The zero-order chi connectivity index (χ0) is 14.5. The van der Waals surface area contributed by atoms with E-state index in [2.05, 4.69) is 10.1 Å². The van der Waals surface area contributed by atoms with Gasteiger partial charge in [0, 0.05) is 30.4 Å². The van der Waals surface area contributed by atoms with Crippen molar-refractivity contribution in [1.82, 2.24) is 5.32 Å². The summed E-state index contributed by atoms with van der Waals surface area (Å²) in [5, 5.41) is 2.63. The topological polar surface area (TPSA) is 55.4 Å². The summed E-state index contributed by atoms with van der Waals surface area (Å²) in [4.78, 5) is 23.4. The molecule has 0 radical (unpaired) electrons. The molecule has 106 valence electrons. The molecule has 1 aliphatic carbocycles. The van der Waals surface area contributed by atoms with E-state index in [1.807, 2.05) is 0 Å². The van der Waals surface area contributed by atoms with Gasteiger partial charge >= 0.3 is 5.97 Å². The summed E-state index contributed by atoms with van der Waals surface area (Å²) in [5.41, 5.74) is 0.417. The highest BCUT2D eigenvalue weighted by Gasteiger charge is 2.59. The van der Waals surface area contributed by atoms with Gasteiger partial charge in [0.1, 0.15) is 0 Å². The van der Waals surface area contributed by atoms with Crippen molar-refractivity contribution in [3.05, 3.63) is 34.9 Å². The number of halogens is 2. The highest BCUT2D eigenvalue weighted by atomic mass is 19.3. The number of hydrogen-bond acceptors (Lipinski definition) is 3. The van der Waals surface area contributed by atoms with Gasteiger partial charge < -0.3 is 10.1 Å². The number of carbonyl (C=O) groups is 2. The first kappa shape index (κ1) is 13.0. The van der Waals surface area contributed by atoms with E-state index in [1.165, 1.54) is 19.2 Å². The Bertz CT molecular complexity index is 604. The molecule has 4 nitrogen and oxygen atoms in total. The van der Waals surface area contributed by atoms with E-state index in [9.17, 15) is 18.4 Å². The Kier molecular flexibility index (Phi) is 2.61. The van der Waals surface area contributed by atoms with E-state index in [0.717, 1.165) is 0 Å². The predicted molar refractivity (Wildman–Crippen MR) is 66.0 cm³/mol. The molecule has 20 heavy (non-hydrogen) atoms. The van der Waals surface area contributed by atoms with Crippen LogP contribution in [0.1, 0.15) is 39.1 Å². The molecule has 1 fully saturated rings. The van der Waals surface area contributed by atoms with Crippen molar-refractivity contribution in [2.75, 3.05) is 13.7 Å². The predicted octanol–water partition coefficient (Wildman–Crippen LogP) is 1.88. The standard InChI is InChI=1S/C14H13F2NO3/c1-20-12(19)8-2-3-10-9(4-8)11(18)17-7-13(10)5-14(15,16)6-13/h2-4H,5-7H2,1H3,(H,17,18). The third-order valence-electron chi connectivity index (χ3n) is 4.04. The average molecular weight is 281 g/mol. The van der Waals surface area contributed by atoms with Crippen LogP contribution in [0.3, 0.4) is 0 Å². The van der Waals surface area contributed by atoms with Gasteiger partial charge in [0.25, 0.3) is 5.91 Å². The fourth-order valence-electron chi connectivity index (χ4n) is 3.13. The van der Waals surface area contributed by atoms with Gasteiger partial charge in [-0.2, -0.15) is 0 Å². The molecule has 1 saturated carbocycles. The first-order chi connectivity index (χ1) is 9.37. The average Bonchev–Trinajstić information content (AvgIpc) is 2.39. The van der Waals surface area contributed by atoms with Crippen molar-refractivity contribution < 1.29 is 23.1 Å². The van der Waals surface area contributed by atoms with E-state index < -0.39 is 17.3 Å². The minimum Gasteiger partial charge on any atom is -0.465 e. The fourth-order valence-corrected chi connectivity index (χ4v) is 3.13. The van der Waals surface area contributed by atoms with Gasteiger partial charge in [0.2, 0.25) is 5.92 Å². The number of methoxy groups -OCH3 is 1. The highest BCUT2D eigenvalue weighted by molar-refractivity contribution is 6.00. The van der Waals surface area contributed by atoms with Crippen molar-refractivity contribution in [3.8, 4) is 0 Å². The number of fused-ring (bicyclic) bond motifs is 2. The van der Waals surface area contributed by atoms with Gasteiger partial charge in [0.05, 0.1) is 12.7 Å². The maximum Gasteiger partial charge on any atom is 0.337 e. The Morgan fingerprint density at radius 1 is 1.35 bits per heavy atom. The third-order valence-corrected chi connectivity index (χ3v) is 4.04. The molecule has 1 aromatic carbocycles. The van der Waals surface area contributed by atoms with Crippen molar-refractivity contribution in [3.63, 3.8) is 0 Å². The third kappa shape index (κ3) is 1.78. The van der Waals surface area contributed by atoms with E-state index in [-0.39, 0.29) is 36.4 Å². The maximum atomic E-state index is 13.2. The van der Waals surface area contributed by atoms with Crippen LogP contribution in [0.25, 0.3) is 0 Å². The van der Waals surface area contributed by atoms with Gasteiger partial charge in [-0.25, -0.2) is 13.6 Å². The number of nitrogens with one attached hydrogen (secondary N) is 1. The lowest BCUT2D eigenvalue weighted by Crippen LogP contribution is -2.58. The lowest BCUT2D eigenvalue weighted by molar-refractivity contribution is -0.126. The summed E-state index contributed by atoms with van der Waals surface area (Å²) >= 11 is 0. The van der Waals surface area contributed by atoms with Gasteiger partial charge in [-0.1, -0.05) is 6.07 Å². The number of amides is 1. The minimum atomic E-state index is -2.68. The number of alkyl halides is 2. The number of esters is 1. The van der Waals surface area contributed by atoms with Crippen LogP contribution in [-0.4, -0.2) is 31.5 Å². The highest BCUT2D eigenvalue weighted by Crippen LogP contribution is 2.54. The summed E-state index contributed by atoms with van der Waals surface area (Å²) in [5.74, 6) is -3.58. The van der Waals surface area contributed by atoms with Crippen LogP contribution >= 0.6 is 0 Å². The van der Waals surface area contributed by atoms with Crippen molar-refractivity contribution in [2.24, 2.45) is 0 Å². The van der Waals surface area contributed by atoms with Crippen molar-refractivity contribution in [2.45, 2.75) is 24.2 Å². The van der Waals surface area contributed by atoms with Gasteiger partial charge in [-0.05, 0) is 17.7 Å². The first-order valence-corrected chi connectivity index (χ1v) is 6.26. The summed E-state index contributed by atoms with van der Waals surface area (Å²) in [6.07, 6.45) is -0.546. The molecule has 1 amide bonds. The van der Waals surface area contributed by atoms with Crippen LogP contribution in [0.4, 0.5) is 8.78 Å². The number of carbonyl (C=O) groups excluding carboxylic acids is 2. The van der Waals surface area contributed by atoms with Crippen LogP contribution in [-0.2, 0) is 10.2 Å². The molecule has 1 spiro atoms. The molecule has 3 rings (SSSR count). The molecule has 0 bridgehead atoms. The summed E-state index contributed by atoms with van der Waals surface area (Å²) in [6, 6.07) is 4.52. The zero-order valence-electron chi connectivity index (χ0n) is 10.8.